The number of nitrogens with one attached hydrogen (secondary N) is 2. The highest BCUT2D eigenvalue weighted by atomic mass is 35.5. The van der Waals surface area contributed by atoms with E-state index < -0.39 is 0 Å². The summed E-state index contributed by atoms with van der Waals surface area (Å²) in [5.41, 5.74) is 2.29. The number of amides is 1. The van der Waals surface area contributed by atoms with Gasteiger partial charge in [-0.25, -0.2) is 0 Å². The highest BCUT2D eigenvalue weighted by Gasteiger charge is 2.20. The van der Waals surface area contributed by atoms with Crippen molar-refractivity contribution >= 4 is 18.3 Å². The molecule has 0 aliphatic carbocycles. The van der Waals surface area contributed by atoms with Crippen molar-refractivity contribution in [1.82, 2.24) is 10.6 Å². The molecule has 1 fully saturated rings. The van der Waals surface area contributed by atoms with Crippen LogP contribution in [0.4, 0.5) is 0 Å². The van der Waals surface area contributed by atoms with Gasteiger partial charge in [-0.1, -0.05) is 24.3 Å². The van der Waals surface area contributed by atoms with Gasteiger partial charge in [0, 0.05) is 19.7 Å². The first kappa shape index (κ1) is 18.0. The summed E-state index contributed by atoms with van der Waals surface area (Å²) in [5, 5.41) is 6.32. The largest absolute Gasteiger partial charge is 0.377 e. The standard InChI is InChI=1S/C16H24N2O2.ClH/c1-2-20-12-15-7-4-3-6-13(15)11-18-16(19)14-8-5-9-17-10-14;/h3-4,6-7,14,17H,2,5,8-12H2,1H3,(H,18,19);1H/t14-;/m1./s1. The lowest BCUT2D eigenvalue weighted by atomic mass is 9.98. The molecule has 21 heavy (non-hydrogen) atoms. The first-order chi connectivity index (χ1) is 9.81. The minimum absolute atomic E-state index is 0. The van der Waals surface area contributed by atoms with E-state index in [0.717, 1.165) is 37.1 Å². The number of carbonyl (C=O) groups is 1. The molecule has 0 bridgehead atoms. The third-order valence-corrected chi connectivity index (χ3v) is 3.70. The first-order valence-electron chi connectivity index (χ1n) is 7.44. The van der Waals surface area contributed by atoms with Gasteiger partial charge in [0.05, 0.1) is 12.5 Å². The number of ether oxygens (including phenoxy) is 1. The Labute approximate surface area is 133 Å². The van der Waals surface area contributed by atoms with E-state index in [1.807, 2.05) is 25.1 Å². The molecule has 1 amide bonds. The molecule has 0 spiro atoms. The second kappa shape index (κ2) is 9.77. The van der Waals surface area contributed by atoms with Gasteiger partial charge in [0.25, 0.3) is 0 Å². The molecule has 118 valence electrons. The van der Waals surface area contributed by atoms with Crippen LogP contribution in [0.25, 0.3) is 0 Å². The van der Waals surface area contributed by atoms with E-state index in [1.165, 1.54) is 0 Å². The van der Waals surface area contributed by atoms with Crippen LogP contribution in [0.5, 0.6) is 0 Å². The van der Waals surface area contributed by atoms with E-state index >= 15 is 0 Å². The van der Waals surface area contributed by atoms with Gasteiger partial charge < -0.3 is 15.4 Å². The summed E-state index contributed by atoms with van der Waals surface area (Å²) in [6.07, 6.45) is 2.07. The third-order valence-electron chi connectivity index (χ3n) is 3.70. The first-order valence-corrected chi connectivity index (χ1v) is 7.44. The minimum Gasteiger partial charge on any atom is -0.377 e. The van der Waals surface area contributed by atoms with Crippen LogP contribution in [0, 0.1) is 5.92 Å². The van der Waals surface area contributed by atoms with Crippen LogP contribution >= 0.6 is 12.4 Å². The lowest BCUT2D eigenvalue weighted by Gasteiger charge is -2.22. The lowest BCUT2D eigenvalue weighted by Crippen LogP contribution is -2.40. The van der Waals surface area contributed by atoms with Gasteiger partial charge in [-0.15, -0.1) is 12.4 Å². The average molecular weight is 313 g/mol. The molecule has 0 radical (unpaired) electrons. The fraction of sp³-hybridized carbons (Fsp3) is 0.562. The molecule has 1 aliphatic rings. The van der Waals surface area contributed by atoms with Crippen LogP contribution in [0.1, 0.15) is 30.9 Å². The van der Waals surface area contributed by atoms with Gasteiger partial charge in [-0.05, 0) is 37.4 Å². The van der Waals surface area contributed by atoms with Crippen molar-refractivity contribution in [2.45, 2.75) is 32.9 Å². The van der Waals surface area contributed by atoms with E-state index in [2.05, 4.69) is 16.7 Å². The molecule has 1 aromatic carbocycles. The zero-order chi connectivity index (χ0) is 14.2. The van der Waals surface area contributed by atoms with E-state index in [-0.39, 0.29) is 24.2 Å². The summed E-state index contributed by atoms with van der Waals surface area (Å²) in [7, 11) is 0. The van der Waals surface area contributed by atoms with Gasteiger partial charge in [0.15, 0.2) is 0 Å². The summed E-state index contributed by atoms with van der Waals surface area (Å²) < 4.78 is 5.46. The van der Waals surface area contributed by atoms with E-state index in [0.29, 0.717) is 19.8 Å². The van der Waals surface area contributed by atoms with Crippen molar-refractivity contribution in [3.05, 3.63) is 35.4 Å². The fourth-order valence-electron chi connectivity index (χ4n) is 2.49. The molecular formula is C16H25ClN2O2. The molecule has 5 heteroatoms. The zero-order valence-electron chi connectivity index (χ0n) is 12.6. The highest BCUT2D eigenvalue weighted by molar-refractivity contribution is 5.85. The van der Waals surface area contributed by atoms with Crippen molar-refractivity contribution in [1.29, 1.82) is 0 Å². The third kappa shape index (κ3) is 5.65. The molecule has 4 nitrogen and oxygen atoms in total. The number of hydrogen-bond donors (Lipinski definition) is 2. The van der Waals surface area contributed by atoms with Crippen LogP contribution in [0.3, 0.4) is 0 Å². The van der Waals surface area contributed by atoms with E-state index in [1.54, 1.807) is 0 Å². The predicted molar refractivity (Wildman–Crippen MR) is 86.5 cm³/mol. The van der Waals surface area contributed by atoms with Crippen LogP contribution < -0.4 is 10.6 Å². The van der Waals surface area contributed by atoms with Gasteiger partial charge in [0.1, 0.15) is 0 Å². The number of carbonyl (C=O) groups excluding carboxylic acids is 1. The molecule has 1 aliphatic heterocycles. The maximum Gasteiger partial charge on any atom is 0.224 e. The topological polar surface area (TPSA) is 50.4 Å². The number of hydrogen-bond acceptors (Lipinski definition) is 3. The fourth-order valence-corrected chi connectivity index (χ4v) is 2.49. The average Bonchev–Trinajstić information content (AvgIpc) is 2.52. The molecule has 0 aromatic heterocycles. The predicted octanol–water partition coefficient (Wildman–Crippen LogP) is 2.26. The maximum atomic E-state index is 12.1. The molecule has 0 saturated carbocycles. The van der Waals surface area contributed by atoms with Gasteiger partial charge in [-0.2, -0.15) is 0 Å². The van der Waals surface area contributed by atoms with Gasteiger partial charge in [0.2, 0.25) is 5.91 Å². The summed E-state index contributed by atoms with van der Waals surface area (Å²) >= 11 is 0. The Morgan fingerprint density at radius 2 is 2.14 bits per heavy atom. The molecule has 2 N–H and O–H groups in total. The normalized spacial score (nSPS) is 17.9. The Morgan fingerprint density at radius 1 is 1.38 bits per heavy atom. The smallest absolute Gasteiger partial charge is 0.224 e. The summed E-state index contributed by atoms with van der Waals surface area (Å²) in [6, 6.07) is 8.11. The summed E-state index contributed by atoms with van der Waals surface area (Å²) in [6.45, 7) is 5.70. The summed E-state index contributed by atoms with van der Waals surface area (Å²) in [5.74, 6) is 0.270. The molecule has 1 aromatic rings. The number of rotatable bonds is 6. The molecule has 1 saturated heterocycles. The van der Waals surface area contributed by atoms with E-state index in [4.69, 9.17) is 4.74 Å². The van der Waals surface area contributed by atoms with Gasteiger partial charge >= 0.3 is 0 Å². The highest BCUT2D eigenvalue weighted by Crippen LogP contribution is 2.12. The molecule has 2 rings (SSSR count). The van der Waals surface area contributed by atoms with Crippen molar-refractivity contribution < 1.29 is 9.53 Å². The second-order valence-electron chi connectivity index (χ2n) is 5.17. The zero-order valence-corrected chi connectivity index (χ0v) is 13.4. The maximum absolute atomic E-state index is 12.1. The Bertz CT molecular complexity index is 434. The van der Waals surface area contributed by atoms with Crippen molar-refractivity contribution in [2.75, 3.05) is 19.7 Å². The monoisotopic (exact) mass is 312 g/mol. The van der Waals surface area contributed by atoms with Crippen molar-refractivity contribution in [3.63, 3.8) is 0 Å². The van der Waals surface area contributed by atoms with Gasteiger partial charge in [-0.3, -0.25) is 4.79 Å². The molecule has 1 atom stereocenters. The van der Waals surface area contributed by atoms with Crippen LogP contribution in [0.15, 0.2) is 24.3 Å². The Hall–Kier alpha value is -1.10. The Morgan fingerprint density at radius 3 is 2.81 bits per heavy atom. The van der Waals surface area contributed by atoms with E-state index in [9.17, 15) is 4.79 Å². The Balaban J connectivity index is 0.00000220. The lowest BCUT2D eigenvalue weighted by molar-refractivity contribution is -0.125. The quantitative estimate of drug-likeness (QED) is 0.847. The SMILES string of the molecule is CCOCc1ccccc1CNC(=O)[C@@H]1CCCNC1.Cl. The number of benzene rings is 1. The van der Waals surface area contributed by atoms with Crippen LogP contribution in [0.2, 0.25) is 0 Å². The van der Waals surface area contributed by atoms with Crippen LogP contribution in [-0.2, 0) is 22.7 Å². The van der Waals surface area contributed by atoms with Crippen molar-refractivity contribution in [3.8, 4) is 0 Å². The number of piperidine rings is 1. The second-order valence-corrected chi connectivity index (χ2v) is 5.17. The minimum atomic E-state index is 0. The molecule has 1 heterocycles. The molecule has 0 unspecified atom stereocenters. The van der Waals surface area contributed by atoms with Crippen molar-refractivity contribution in [2.24, 2.45) is 5.92 Å². The molecular weight excluding hydrogens is 288 g/mol. The number of halogens is 1. The Kier molecular flexibility index (Phi) is 8.35. The van der Waals surface area contributed by atoms with Crippen LogP contribution in [-0.4, -0.2) is 25.6 Å². The summed E-state index contributed by atoms with van der Waals surface area (Å²) in [4.78, 5) is 12.1.